The van der Waals surface area contributed by atoms with Crippen LogP contribution in [0.3, 0.4) is 0 Å². The molecule has 1 heterocycles. The van der Waals surface area contributed by atoms with E-state index in [2.05, 4.69) is 71.9 Å². The Kier molecular flexibility index (Phi) is 6.37. The quantitative estimate of drug-likeness (QED) is 0.339. The maximum atomic E-state index is 10.6. The highest BCUT2D eigenvalue weighted by Gasteiger charge is 2.38. The van der Waals surface area contributed by atoms with Gasteiger partial charge in [-0.3, -0.25) is 0 Å². The molecule has 0 radical (unpaired) electrons. The zero-order chi connectivity index (χ0) is 26.2. The molecule has 6 rings (SSSR count). The summed E-state index contributed by atoms with van der Waals surface area (Å²) in [5.74, 6) is 0.232. The number of nitrogens with zero attached hydrogens (tertiary/aromatic N) is 2. The average Bonchev–Trinajstić information content (AvgIpc) is 2.91. The Bertz CT molecular complexity index is 1440. The van der Waals surface area contributed by atoms with Crippen molar-refractivity contribution in [2.24, 2.45) is 15.9 Å². The van der Waals surface area contributed by atoms with Crippen molar-refractivity contribution >= 4 is 23.8 Å². The molecular formula is C31H31N3O4. The molecule has 38 heavy (non-hydrogen) atoms. The Hall–Kier alpha value is -4.10. The highest BCUT2D eigenvalue weighted by molar-refractivity contribution is 6.18. The number of hydrogen-bond acceptors (Lipinski definition) is 7. The summed E-state index contributed by atoms with van der Waals surface area (Å²) in [6.45, 7) is 2.67. The topological polar surface area (TPSA) is 107 Å². The van der Waals surface area contributed by atoms with Crippen molar-refractivity contribution in [1.82, 2.24) is 5.32 Å². The highest BCUT2D eigenvalue weighted by atomic mass is 16.5. The van der Waals surface area contributed by atoms with Crippen LogP contribution < -0.4 is 5.32 Å². The molecule has 7 nitrogen and oxygen atoms in total. The number of unbranched alkanes of at least 4 members (excludes halogenated alkanes) is 3. The van der Waals surface area contributed by atoms with Gasteiger partial charge >= 0.3 is 0 Å². The second kappa shape index (κ2) is 9.99. The number of allylic oxidation sites excluding steroid dienone is 5. The van der Waals surface area contributed by atoms with Gasteiger partial charge in [0.1, 0.15) is 34.5 Å². The number of hydrogen-bond donors (Lipinski definition) is 4. The molecule has 0 saturated carbocycles. The van der Waals surface area contributed by atoms with Crippen molar-refractivity contribution in [3.63, 3.8) is 0 Å². The van der Waals surface area contributed by atoms with Crippen molar-refractivity contribution in [1.29, 1.82) is 0 Å². The zero-order valence-corrected chi connectivity index (χ0v) is 21.3. The van der Waals surface area contributed by atoms with Crippen molar-refractivity contribution in [3.05, 3.63) is 88.0 Å². The number of phenolic OH excluding ortho intramolecular Hbond substituents is 3. The minimum Gasteiger partial charge on any atom is -0.508 e. The molecule has 3 atom stereocenters. The van der Waals surface area contributed by atoms with E-state index < -0.39 is 6.35 Å². The molecule has 0 aromatic heterocycles. The molecule has 0 bridgehead atoms. The SMILES string of the molecule is CCCCCCOC1N=C(C2=CC=C3C=Cc4cccc5c4C3C2C=C5)NC(c2c(O)cc(O)cc2O)=N1. The van der Waals surface area contributed by atoms with Crippen molar-refractivity contribution in [2.75, 3.05) is 6.61 Å². The number of phenols is 3. The Labute approximate surface area is 221 Å². The van der Waals surface area contributed by atoms with E-state index in [-0.39, 0.29) is 40.5 Å². The van der Waals surface area contributed by atoms with Gasteiger partial charge in [0.25, 0.3) is 0 Å². The largest absolute Gasteiger partial charge is 0.508 e. The Morgan fingerprint density at radius 1 is 0.895 bits per heavy atom. The lowest BCUT2D eigenvalue weighted by Gasteiger charge is -2.38. The molecule has 3 aliphatic carbocycles. The van der Waals surface area contributed by atoms with Crippen LogP contribution in [0.15, 0.2) is 75.8 Å². The Morgan fingerprint density at radius 3 is 2.45 bits per heavy atom. The van der Waals surface area contributed by atoms with E-state index in [1.807, 2.05) is 0 Å². The van der Waals surface area contributed by atoms with Crippen molar-refractivity contribution in [3.8, 4) is 17.2 Å². The van der Waals surface area contributed by atoms with Gasteiger partial charge < -0.3 is 25.4 Å². The van der Waals surface area contributed by atoms with E-state index in [0.29, 0.717) is 12.4 Å². The van der Waals surface area contributed by atoms with Crippen LogP contribution in [0, 0.1) is 5.92 Å². The highest BCUT2D eigenvalue weighted by Crippen LogP contribution is 2.49. The molecule has 0 fully saturated rings. The van der Waals surface area contributed by atoms with Crippen LogP contribution in [0.4, 0.5) is 0 Å². The smallest absolute Gasteiger partial charge is 0.249 e. The van der Waals surface area contributed by atoms with Gasteiger partial charge in [0, 0.05) is 29.5 Å². The minimum absolute atomic E-state index is 0.0476. The molecule has 0 amide bonds. The summed E-state index contributed by atoms with van der Waals surface area (Å²) >= 11 is 0. The van der Waals surface area contributed by atoms with Gasteiger partial charge in [0.05, 0.1) is 6.61 Å². The predicted octanol–water partition coefficient (Wildman–Crippen LogP) is 5.75. The van der Waals surface area contributed by atoms with Crippen LogP contribution in [-0.2, 0) is 4.74 Å². The summed E-state index contributed by atoms with van der Waals surface area (Å²) in [4.78, 5) is 9.39. The van der Waals surface area contributed by atoms with E-state index in [1.54, 1.807) is 0 Å². The first kappa shape index (κ1) is 24.2. The van der Waals surface area contributed by atoms with E-state index in [4.69, 9.17) is 9.73 Å². The summed E-state index contributed by atoms with van der Waals surface area (Å²) in [6, 6.07) is 8.75. The van der Waals surface area contributed by atoms with E-state index >= 15 is 0 Å². The third-order valence-electron chi connectivity index (χ3n) is 7.53. The number of aliphatic imine (C=N–C) groups is 2. The first-order valence-electron chi connectivity index (χ1n) is 13.2. The molecule has 194 valence electrons. The second-order valence-electron chi connectivity index (χ2n) is 10.0. The molecule has 7 heteroatoms. The Morgan fingerprint density at radius 2 is 1.66 bits per heavy atom. The third-order valence-corrected chi connectivity index (χ3v) is 7.53. The summed E-state index contributed by atoms with van der Waals surface area (Å²) < 4.78 is 6.05. The molecule has 3 unspecified atom stereocenters. The van der Waals surface area contributed by atoms with Gasteiger partial charge in [-0.15, -0.1) is 0 Å². The first-order chi connectivity index (χ1) is 18.5. The normalized spacial score (nSPS) is 22.6. The first-order valence-corrected chi connectivity index (χ1v) is 13.2. The van der Waals surface area contributed by atoms with E-state index in [1.165, 1.54) is 34.4 Å². The fourth-order valence-electron chi connectivity index (χ4n) is 5.72. The van der Waals surface area contributed by atoms with Crippen LogP contribution in [0.2, 0.25) is 0 Å². The van der Waals surface area contributed by atoms with Crippen molar-refractivity contribution < 1.29 is 20.1 Å². The average molecular weight is 510 g/mol. The fourth-order valence-corrected chi connectivity index (χ4v) is 5.72. The molecule has 4 N–H and O–H groups in total. The second-order valence-corrected chi connectivity index (χ2v) is 10.0. The van der Waals surface area contributed by atoms with Crippen LogP contribution in [0.5, 0.6) is 17.2 Å². The molecule has 1 aliphatic heterocycles. The molecule has 4 aliphatic rings. The summed E-state index contributed by atoms with van der Waals surface area (Å²) in [6.07, 6.45) is 16.4. The van der Waals surface area contributed by atoms with Gasteiger partial charge in [-0.05, 0) is 28.7 Å². The Balaban J connectivity index is 1.36. The number of nitrogens with one attached hydrogen (secondary N) is 1. The monoisotopic (exact) mass is 509 g/mol. The lowest BCUT2D eigenvalue weighted by molar-refractivity contribution is 0.0617. The number of benzene rings is 2. The predicted molar refractivity (Wildman–Crippen MR) is 149 cm³/mol. The standard InChI is InChI=1S/C31H31N3O4/c1-2-3-4-5-15-38-31-33-29(32-30(34-31)28-24(36)16-21(35)17-25(28)37)23-14-12-20-10-9-18-7-6-8-19-11-13-22(23)27(20)26(18)19/h6-14,16-17,22,27,31,35-37H,2-5,15H2,1H3,(H,32,33,34). The molecule has 2 aromatic rings. The third kappa shape index (κ3) is 4.33. The molecule has 2 aromatic carbocycles. The minimum atomic E-state index is -0.830. The summed E-state index contributed by atoms with van der Waals surface area (Å²) in [5, 5.41) is 34.2. The lowest BCUT2D eigenvalue weighted by Crippen LogP contribution is -2.41. The molecule has 0 spiro atoms. The maximum absolute atomic E-state index is 10.6. The van der Waals surface area contributed by atoms with Gasteiger partial charge in [-0.2, -0.15) is 0 Å². The zero-order valence-electron chi connectivity index (χ0n) is 21.3. The van der Waals surface area contributed by atoms with Crippen LogP contribution in [0.1, 0.15) is 60.8 Å². The van der Waals surface area contributed by atoms with Crippen LogP contribution >= 0.6 is 0 Å². The maximum Gasteiger partial charge on any atom is 0.249 e. The van der Waals surface area contributed by atoms with Gasteiger partial charge in [-0.25, -0.2) is 9.98 Å². The van der Waals surface area contributed by atoms with Gasteiger partial charge in [0.15, 0.2) is 0 Å². The summed E-state index contributed by atoms with van der Waals surface area (Å²) in [7, 11) is 0. The van der Waals surface area contributed by atoms with Gasteiger partial charge in [-0.1, -0.05) is 80.8 Å². The molecule has 0 saturated heterocycles. The van der Waals surface area contributed by atoms with Crippen LogP contribution in [0.25, 0.3) is 12.2 Å². The summed E-state index contributed by atoms with van der Waals surface area (Å²) in [5.41, 5.74) is 6.11. The number of aromatic hydroxyl groups is 3. The fraction of sp³-hybridized carbons (Fsp3) is 0.290. The van der Waals surface area contributed by atoms with Crippen LogP contribution in [-0.4, -0.2) is 39.9 Å². The van der Waals surface area contributed by atoms with Crippen molar-refractivity contribution in [2.45, 2.75) is 44.9 Å². The number of amidine groups is 2. The lowest BCUT2D eigenvalue weighted by atomic mass is 9.66. The molecular weight excluding hydrogens is 478 g/mol. The number of rotatable bonds is 8. The number of ether oxygens (including phenoxy) is 1. The van der Waals surface area contributed by atoms with E-state index in [9.17, 15) is 15.3 Å². The van der Waals surface area contributed by atoms with E-state index in [0.717, 1.165) is 31.3 Å². The van der Waals surface area contributed by atoms with Gasteiger partial charge in [0.2, 0.25) is 6.35 Å².